The van der Waals surface area contributed by atoms with E-state index in [0.29, 0.717) is 23.3 Å². The average Bonchev–Trinajstić information content (AvgIpc) is 2.70. The minimum absolute atomic E-state index is 0.0354. The van der Waals surface area contributed by atoms with Crippen LogP contribution >= 0.6 is 15.9 Å². The van der Waals surface area contributed by atoms with Crippen LogP contribution < -0.4 is 10.5 Å². The summed E-state index contributed by atoms with van der Waals surface area (Å²) in [5.74, 6) is -0.0801. The SMILES string of the molecule is Cc1ccc(CN2C(=O)c3ccc(Br)c(=O)n3CC2C)cc1N1CCCCC1. The summed E-state index contributed by atoms with van der Waals surface area (Å²) >= 11 is 3.27. The van der Waals surface area contributed by atoms with Crippen LogP contribution in [-0.2, 0) is 13.1 Å². The first-order valence-corrected chi connectivity index (χ1v) is 10.8. The Bertz CT molecular complexity index is 963. The van der Waals surface area contributed by atoms with Gasteiger partial charge >= 0.3 is 0 Å². The van der Waals surface area contributed by atoms with E-state index in [9.17, 15) is 9.59 Å². The number of carbonyl (C=O) groups excluding carboxylic acids is 1. The van der Waals surface area contributed by atoms with Crippen molar-refractivity contribution in [3.05, 3.63) is 62.0 Å². The van der Waals surface area contributed by atoms with Crippen LogP contribution in [0.2, 0.25) is 0 Å². The topological polar surface area (TPSA) is 45.6 Å². The van der Waals surface area contributed by atoms with Crippen molar-refractivity contribution in [3.8, 4) is 0 Å². The number of rotatable bonds is 3. The largest absolute Gasteiger partial charge is 0.371 e. The predicted octanol–water partition coefficient (Wildman–Crippen LogP) is 3.95. The Hall–Kier alpha value is -2.08. The van der Waals surface area contributed by atoms with Gasteiger partial charge in [-0.1, -0.05) is 12.1 Å². The highest BCUT2D eigenvalue weighted by atomic mass is 79.9. The van der Waals surface area contributed by atoms with E-state index in [-0.39, 0.29) is 17.5 Å². The van der Waals surface area contributed by atoms with E-state index in [1.165, 1.54) is 30.5 Å². The molecule has 1 fully saturated rings. The van der Waals surface area contributed by atoms with Gasteiger partial charge in [-0.05, 0) is 78.4 Å². The smallest absolute Gasteiger partial charge is 0.271 e. The zero-order valence-electron chi connectivity index (χ0n) is 16.4. The summed E-state index contributed by atoms with van der Waals surface area (Å²) in [4.78, 5) is 29.8. The monoisotopic (exact) mass is 443 g/mol. The Balaban J connectivity index is 1.61. The molecule has 0 spiro atoms. The molecule has 0 radical (unpaired) electrons. The second kappa shape index (κ2) is 7.74. The number of aryl methyl sites for hydroxylation is 1. The molecule has 1 aromatic carbocycles. The molecule has 28 heavy (non-hydrogen) atoms. The summed E-state index contributed by atoms with van der Waals surface area (Å²) in [6.07, 6.45) is 3.79. The Morgan fingerprint density at radius 1 is 1.07 bits per heavy atom. The molecule has 1 amide bonds. The van der Waals surface area contributed by atoms with Gasteiger partial charge in [-0.3, -0.25) is 9.59 Å². The maximum atomic E-state index is 13.1. The maximum absolute atomic E-state index is 13.1. The van der Waals surface area contributed by atoms with Gasteiger partial charge in [-0.15, -0.1) is 0 Å². The van der Waals surface area contributed by atoms with Crippen LogP contribution in [0.3, 0.4) is 0 Å². The highest BCUT2D eigenvalue weighted by molar-refractivity contribution is 9.10. The Morgan fingerprint density at radius 3 is 2.57 bits per heavy atom. The lowest BCUT2D eigenvalue weighted by molar-refractivity contribution is 0.0589. The maximum Gasteiger partial charge on any atom is 0.271 e. The number of aromatic nitrogens is 1. The van der Waals surface area contributed by atoms with Gasteiger partial charge in [0.1, 0.15) is 5.69 Å². The lowest BCUT2D eigenvalue weighted by atomic mass is 10.0. The van der Waals surface area contributed by atoms with E-state index in [2.05, 4.69) is 46.0 Å². The van der Waals surface area contributed by atoms with E-state index in [0.717, 1.165) is 18.7 Å². The molecule has 148 valence electrons. The zero-order chi connectivity index (χ0) is 19.8. The summed E-state index contributed by atoms with van der Waals surface area (Å²) in [6.45, 7) is 7.45. The van der Waals surface area contributed by atoms with E-state index < -0.39 is 0 Å². The lowest BCUT2D eigenvalue weighted by Crippen LogP contribution is -2.49. The van der Waals surface area contributed by atoms with Gasteiger partial charge in [0.2, 0.25) is 0 Å². The highest BCUT2D eigenvalue weighted by Gasteiger charge is 2.31. The van der Waals surface area contributed by atoms with Gasteiger partial charge in [0.05, 0.1) is 4.47 Å². The van der Waals surface area contributed by atoms with Crippen molar-refractivity contribution in [1.29, 1.82) is 0 Å². The van der Waals surface area contributed by atoms with E-state index in [4.69, 9.17) is 0 Å². The number of piperidine rings is 1. The molecule has 3 heterocycles. The Morgan fingerprint density at radius 2 is 1.82 bits per heavy atom. The number of benzene rings is 1. The fourth-order valence-corrected chi connectivity index (χ4v) is 4.63. The van der Waals surface area contributed by atoms with Crippen LogP contribution in [0.4, 0.5) is 5.69 Å². The van der Waals surface area contributed by atoms with Crippen molar-refractivity contribution in [1.82, 2.24) is 9.47 Å². The number of pyridine rings is 1. The Kier molecular flexibility index (Phi) is 5.32. The molecule has 6 heteroatoms. The van der Waals surface area contributed by atoms with Crippen LogP contribution in [0.15, 0.2) is 39.6 Å². The van der Waals surface area contributed by atoms with Gasteiger partial charge in [0.15, 0.2) is 0 Å². The third kappa shape index (κ3) is 3.50. The lowest BCUT2D eigenvalue weighted by Gasteiger charge is -2.36. The molecule has 1 saturated heterocycles. The third-order valence-electron chi connectivity index (χ3n) is 5.91. The molecule has 2 aliphatic heterocycles. The minimum Gasteiger partial charge on any atom is -0.371 e. The normalized spacial score (nSPS) is 19.7. The molecule has 1 atom stereocenters. The van der Waals surface area contributed by atoms with Crippen molar-refractivity contribution in [2.24, 2.45) is 0 Å². The van der Waals surface area contributed by atoms with Crippen molar-refractivity contribution in [3.63, 3.8) is 0 Å². The summed E-state index contributed by atoms with van der Waals surface area (Å²) in [5.41, 5.74) is 4.04. The molecule has 0 bridgehead atoms. The molecule has 1 aromatic heterocycles. The van der Waals surface area contributed by atoms with E-state index in [1.807, 2.05) is 11.8 Å². The fourth-order valence-electron chi connectivity index (χ4n) is 4.28. The number of amides is 1. The van der Waals surface area contributed by atoms with Crippen LogP contribution in [0.25, 0.3) is 0 Å². The summed E-state index contributed by atoms with van der Waals surface area (Å²) in [6, 6.07) is 9.89. The number of carbonyl (C=O) groups is 1. The molecule has 0 N–H and O–H groups in total. The molecule has 1 unspecified atom stereocenters. The molecule has 2 aliphatic rings. The van der Waals surface area contributed by atoms with Gasteiger partial charge in [0.25, 0.3) is 11.5 Å². The summed E-state index contributed by atoms with van der Waals surface area (Å²) in [7, 11) is 0. The number of anilines is 1. The molecule has 0 saturated carbocycles. The van der Waals surface area contributed by atoms with Crippen molar-refractivity contribution < 1.29 is 4.79 Å². The second-order valence-corrected chi connectivity index (χ2v) is 8.79. The number of fused-ring (bicyclic) bond motifs is 1. The van der Waals surface area contributed by atoms with E-state index in [1.54, 1.807) is 16.7 Å². The van der Waals surface area contributed by atoms with Gasteiger partial charge in [0, 0.05) is 37.9 Å². The number of hydrogen-bond acceptors (Lipinski definition) is 3. The first-order chi connectivity index (χ1) is 13.5. The van der Waals surface area contributed by atoms with E-state index >= 15 is 0 Å². The molecule has 0 aliphatic carbocycles. The summed E-state index contributed by atoms with van der Waals surface area (Å²) < 4.78 is 2.08. The van der Waals surface area contributed by atoms with Crippen LogP contribution in [0.5, 0.6) is 0 Å². The first-order valence-electron chi connectivity index (χ1n) is 10.0. The quantitative estimate of drug-likeness (QED) is 0.720. The van der Waals surface area contributed by atoms with Gasteiger partial charge < -0.3 is 14.4 Å². The van der Waals surface area contributed by atoms with Crippen LogP contribution in [0, 0.1) is 6.92 Å². The van der Waals surface area contributed by atoms with Crippen LogP contribution in [0.1, 0.15) is 47.8 Å². The van der Waals surface area contributed by atoms with Gasteiger partial charge in [-0.2, -0.15) is 0 Å². The number of halogens is 1. The third-order valence-corrected chi connectivity index (χ3v) is 6.51. The van der Waals surface area contributed by atoms with Crippen molar-refractivity contribution in [2.45, 2.75) is 52.2 Å². The standard InChI is InChI=1S/C22H26BrN3O2/c1-15-6-7-17(12-20(15)24-10-4-3-5-11-24)14-25-16(2)13-26-19(22(25)28)9-8-18(23)21(26)27/h6-9,12,16H,3-5,10-11,13-14H2,1-2H3. The zero-order valence-corrected chi connectivity index (χ0v) is 18.0. The second-order valence-electron chi connectivity index (χ2n) is 7.93. The molecular formula is C22H26BrN3O2. The molecule has 2 aromatic rings. The van der Waals surface area contributed by atoms with Crippen molar-refractivity contribution >= 4 is 27.5 Å². The summed E-state index contributed by atoms with van der Waals surface area (Å²) in [5, 5.41) is 0. The average molecular weight is 444 g/mol. The molecule has 4 rings (SSSR count). The number of hydrogen-bond donors (Lipinski definition) is 0. The van der Waals surface area contributed by atoms with Gasteiger partial charge in [-0.25, -0.2) is 0 Å². The highest BCUT2D eigenvalue weighted by Crippen LogP contribution is 2.27. The fraction of sp³-hybridized carbons (Fsp3) is 0.455. The minimum atomic E-state index is -0.139. The molecule has 5 nitrogen and oxygen atoms in total. The predicted molar refractivity (Wildman–Crippen MR) is 115 cm³/mol. The Labute approximate surface area is 174 Å². The number of nitrogens with zero attached hydrogens (tertiary/aromatic N) is 3. The van der Waals surface area contributed by atoms with Crippen molar-refractivity contribution in [2.75, 3.05) is 18.0 Å². The van der Waals surface area contributed by atoms with Crippen LogP contribution in [-0.4, -0.2) is 34.5 Å². The first kappa shape index (κ1) is 19.2. The molecular weight excluding hydrogens is 418 g/mol.